The van der Waals surface area contributed by atoms with Crippen LogP contribution < -0.4 is 5.43 Å². The Kier molecular flexibility index (Phi) is 5.90. The van der Waals surface area contributed by atoms with E-state index in [0.29, 0.717) is 25.2 Å². The number of nitrogens with one attached hydrogen (secondary N) is 1. The smallest absolute Gasteiger partial charge is 0.259 e. The van der Waals surface area contributed by atoms with Crippen LogP contribution in [0.1, 0.15) is 50.4 Å². The van der Waals surface area contributed by atoms with Crippen molar-refractivity contribution in [3.05, 3.63) is 40.2 Å². The van der Waals surface area contributed by atoms with Gasteiger partial charge >= 0.3 is 0 Å². The predicted molar refractivity (Wildman–Crippen MR) is 109 cm³/mol. The molecule has 1 aromatic heterocycles. The van der Waals surface area contributed by atoms with E-state index in [4.69, 9.17) is 0 Å². The molecule has 152 valence electrons. The summed E-state index contributed by atoms with van der Waals surface area (Å²) in [4.78, 5) is 30.7. The maximum absolute atomic E-state index is 13.0. The lowest BCUT2D eigenvalue weighted by atomic mass is 10.0. The molecule has 1 saturated heterocycles. The lowest BCUT2D eigenvalue weighted by Gasteiger charge is -2.33. The maximum Gasteiger partial charge on any atom is 0.259 e. The molecule has 28 heavy (non-hydrogen) atoms. The van der Waals surface area contributed by atoms with Crippen molar-refractivity contribution in [2.45, 2.75) is 51.0 Å². The number of hydrogen-bond acceptors (Lipinski definition) is 4. The fraction of sp³-hybridized carbons (Fsp3) is 0.500. The fourth-order valence-corrected chi connectivity index (χ4v) is 5.27. The Morgan fingerprint density at radius 2 is 1.96 bits per heavy atom. The molecule has 2 heterocycles. The number of benzene rings is 1. The van der Waals surface area contributed by atoms with Crippen LogP contribution in [-0.2, 0) is 10.0 Å². The highest BCUT2D eigenvalue weighted by molar-refractivity contribution is 7.89. The molecule has 1 amide bonds. The second-order valence-electron chi connectivity index (χ2n) is 7.17. The van der Waals surface area contributed by atoms with Crippen molar-refractivity contribution in [3.63, 3.8) is 0 Å². The minimum atomic E-state index is -3.69. The van der Waals surface area contributed by atoms with E-state index in [1.54, 1.807) is 24.8 Å². The van der Waals surface area contributed by atoms with Crippen LogP contribution in [0.2, 0.25) is 0 Å². The Hall–Kier alpha value is -2.19. The first-order chi connectivity index (χ1) is 13.3. The number of amides is 1. The number of carbonyl (C=O) groups excluding carboxylic acids is 1. The summed E-state index contributed by atoms with van der Waals surface area (Å²) in [7, 11) is -3.69. The van der Waals surface area contributed by atoms with Crippen molar-refractivity contribution < 1.29 is 13.2 Å². The van der Waals surface area contributed by atoms with Gasteiger partial charge in [0.1, 0.15) is 5.56 Å². The van der Waals surface area contributed by atoms with Crippen LogP contribution in [-0.4, -0.2) is 54.2 Å². The van der Waals surface area contributed by atoms with Crippen molar-refractivity contribution in [1.82, 2.24) is 14.2 Å². The van der Waals surface area contributed by atoms with Gasteiger partial charge in [-0.2, -0.15) is 4.31 Å². The molecule has 1 atom stereocenters. The van der Waals surface area contributed by atoms with Gasteiger partial charge in [-0.1, -0.05) is 13.8 Å². The van der Waals surface area contributed by atoms with E-state index in [1.807, 2.05) is 6.92 Å². The molecule has 1 aromatic carbocycles. The van der Waals surface area contributed by atoms with E-state index in [2.05, 4.69) is 4.98 Å². The van der Waals surface area contributed by atoms with Gasteiger partial charge in [-0.25, -0.2) is 8.42 Å². The fourth-order valence-electron chi connectivity index (χ4n) is 3.78. The highest BCUT2D eigenvalue weighted by Gasteiger charge is 2.27. The van der Waals surface area contributed by atoms with Crippen LogP contribution in [0.25, 0.3) is 10.9 Å². The van der Waals surface area contributed by atoms with Gasteiger partial charge in [0, 0.05) is 42.8 Å². The molecule has 2 aromatic rings. The summed E-state index contributed by atoms with van der Waals surface area (Å²) < 4.78 is 26.9. The molecule has 1 aliphatic heterocycles. The van der Waals surface area contributed by atoms with Gasteiger partial charge in [-0.3, -0.25) is 9.59 Å². The van der Waals surface area contributed by atoms with E-state index in [9.17, 15) is 18.0 Å². The van der Waals surface area contributed by atoms with Gasteiger partial charge in [0.05, 0.1) is 4.90 Å². The van der Waals surface area contributed by atoms with Gasteiger partial charge in [0.15, 0.2) is 0 Å². The minimum Gasteiger partial charge on any atom is -0.360 e. The highest BCUT2D eigenvalue weighted by atomic mass is 32.2. The zero-order chi connectivity index (χ0) is 20.5. The summed E-state index contributed by atoms with van der Waals surface area (Å²) >= 11 is 0. The highest BCUT2D eigenvalue weighted by Crippen LogP contribution is 2.21. The molecule has 0 bridgehead atoms. The number of likely N-dealkylation sites (tertiary alicyclic amines) is 1. The third-order valence-electron chi connectivity index (χ3n) is 5.49. The molecular weight excluding hydrogens is 378 g/mol. The molecule has 3 rings (SSSR count). The molecule has 1 N–H and O–H groups in total. The van der Waals surface area contributed by atoms with Gasteiger partial charge in [-0.15, -0.1) is 0 Å². The molecule has 8 heteroatoms. The van der Waals surface area contributed by atoms with E-state index in [0.717, 1.165) is 19.3 Å². The summed E-state index contributed by atoms with van der Waals surface area (Å²) in [6.07, 6.45) is 4.36. The zero-order valence-electron chi connectivity index (χ0n) is 16.6. The Balaban J connectivity index is 2.08. The monoisotopic (exact) mass is 405 g/mol. The minimum absolute atomic E-state index is 0.0543. The number of rotatable bonds is 5. The topological polar surface area (TPSA) is 90.6 Å². The van der Waals surface area contributed by atoms with Crippen molar-refractivity contribution >= 4 is 26.8 Å². The third kappa shape index (κ3) is 3.58. The summed E-state index contributed by atoms with van der Waals surface area (Å²) in [6.45, 7) is 6.85. The van der Waals surface area contributed by atoms with Crippen molar-refractivity contribution in [3.8, 4) is 0 Å². The molecule has 1 aliphatic rings. The molecule has 0 radical (unpaired) electrons. The SMILES string of the molecule is CCN(CC)S(=O)(=O)c1ccc2[nH]cc(C(=O)N3CCCC[C@@H]3C)c(=O)c2c1. The third-order valence-corrected chi connectivity index (χ3v) is 7.54. The summed E-state index contributed by atoms with van der Waals surface area (Å²) in [6, 6.07) is 4.52. The quantitative estimate of drug-likeness (QED) is 0.828. The Bertz CT molecular complexity index is 1040. The standard InChI is InChI=1S/C20H27N3O4S/c1-4-22(5-2)28(26,27)15-9-10-18-16(12-15)19(24)17(13-21-18)20(25)23-11-7-6-8-14(23)3/h9-10,12-14H,4-8,11H2,1-3H3,(H,21,24)/t14-/m0/s1. The average Bonchev–Trinajstić information content (AvgIpc) is 2.68. The van der Waals surface area contributed by atoms with Crippen molar-refractivity contribution in [2.75, 3.05) is 19.6 Å². The molecule has 7 nitrogen and oxygen atoms in total. The number of H-pyrrole nitrogens is 1. The average molecular weight is 406 g/mol. The Labute approximate surface area is 165 Å². The van der Waals surface area contributed by atoms with Gasteiger partial charge in [-0.05, 0) is 44.4 Å². The molecule has 1 fully saturated rings. The largest absolute Gasteiger partial charge is 0.360 e. The molecule has 0 saturated carbocycles. The Morgan fingerprint density at radius 3 is 2.61 bits per heavy atom. The lowest BCUT2D eigenvalue weighted by molar-refractivity contribution is 0.0634. The number of fused-ring (bicyclic) bond motifs is 1. The van der Waals surface area contributed by atoms with Crippen molar-refractivity contribution in [1.29, 1.82) is 0 Å². The lowest BCUT2D eigenvalue weighted by Crippen LogP contribution is -2.43. The number of aromatic amines is 1. The van der Waals surface area contributed by atoms with Crippen LogP contribution >= 0.6 is 0 Å². The first-order valence-corrected chi connectivity index (χ1v) is 11.2. The number of nitrogens with zero attached hydrogens (tertiary/aromatic N) is 2. The molecular formula is C20H27N3O4S. The van der Waals surface area contributed by atoms with Crippen LogP contribution in [0, 0.1) is 0 Å². The summed E-state index contributed by atoms with van der Waals surface area (Å²) in [5.41, 5.74) is 0.124. The van der Waals surface area contributed by atoms with E-state index < -0.39 is 15.5 Å². The number of hydrogen-bond donors (Lipinski definition) is 1. The summed E-state index contributed by atoms with van der Waals surface area (Å²) in [5.74, 6) is -0.299. The summed E-state index contributed by atoms with van der Waals surface area (Å²) in [5, 5.41) is 0.212. The number of pyridine rings is 1. The number of sulfonamides is 1. The number of aromatic nitrogens is 1. The van der Waals surface area contributed by atoms with Gasteiger partial charge in [0.2, 0.25) is 15.5 Å². The van der Waals surface area contributed by atoms with Crippen LogP contribution in [0.15, 0.2) is 34.1 Å². The second kappa shape index (κ2) is 8.05. The van der Waals surface area contributed by atoms with Crippen LogP contribution in [0.5, 0.6) is 0 Å². The number of piperidine rings is 1. The predicted octanol–water partition coefficient (Wildman–Crippen LogP) is 2.57. The van der Waals surface area contributed by atoms with Crippen molar-refractivity contribution in [2.24, 2.45) is 0 Å². The van der Waals surface area contributed by atoms with E-state index in [-0.39, 0.29) is 27.8 Å². The first-order valence-electron chi connectivity index (χ1n) is 9.77. The normalized spacial score (nSPS) is 18.0. The van der Waals surface area contributed by atoms with Gasteiger partial charge in [0.25, 0.3) is 5.91 Å². The maximum atomic E-state index is 13.0. The second-order valence-corrected chi connectivity index (χ2v) is 9.11. The number of carbonyl (C=O) groups is 1. The Morgan fingerprint density at radius 1 is 1.25 bits per heavy atom. The van der Waals surface area contributed by atoms with E-state index >= 15 is 0 Å². The van der Waals surface area contributed by atoms with Crippen LogP contribution in [0.4, 0.5) is 0 Å². The molecule has 0 aliphatic carbocycles. The van der Waals surface area contributed by atoms with Gasteiger partial charge < -0.3 is 9.88 Å². The van der Waals surface area contributed by atoms with Crippen LogP contribution in [0.3, 0.4) is 0 Å². The zero-order valence-corrected chi connectivity index (χ0v) is 17.4. The first kappa shape index (κ1) is 20.5. The molecule has 0 spiro atoms. The molecule has 0 unspecified atom stereocenters. The van der Waals surface area contributed by atoms with E-state index in [1.165, 1.54) is 22.6 Å².